The van der Waals surface area contributed by atoms with Crippen molar-refractivity contribution in [3.63, 3.8) is 0 Å². The minimum Gasteiger partial charge on any atom is -0.491 e. The highest BCUT2D eigenvalue weighted by Crippen LogP contribution is 2.16. The van der Waals surface area contributed by atoms with E-state index in [2.05, 4.69) is 27.5 Å². The Kier molecular flexibility index (Phi) is 2.95. The van der Waals surface area contributed by atoms with Gasteiger partial charge < -0.3 is 4.74 Å². The van der Waals surface area contributed by atoms with E-state index in [4.69, 9.17) is 4.74 Å². The maximum absolute atomic E-state index is 5.46. The van der Waals surface area contributed by atoms with Gasteiger partial charge >= 0.3 is 0 Å². The van der Waals surface area contributed by atoms with Gasteiger partial charge in [-0.25, -0.2) is 0 Å². The Hall–Kier alpha value is -0.290. The van der Waals surface area contributed by atoms with E-state index in [9.17, 15) is 0 Å². The van der Waals surface area contributed by atoms with Crippen molar-refractivity contribution in [2.75, 3.05) is 0 Å². The van der Waals surface area contributed by atoms with Crippen LogP contribution in [0.4, 0.5) is 0 Å². The molecule has 0 aliphatic heterocycles. The lowest BCUT2D eigenvalue weighted by Gasteiger charge is -2.13. The Labute approximate surface area is 64.4 Å². The molecule has 1 aliphatic rings. The fourth-order valence-corrected chi connectivity index (χ4v) is 1.09. The average molecular weight is 156 g/mol. The first-order valence-electron chi connectivity index (χ1n) is 3.55. The molecule has 2 unspecified atom stereocenters. The number of rotatable bonds is 2. The third-order valence-electron chi connectivity index (χ3n) is 1.30. The van der Waals surface area contributed by atoms with Crippen molar-refractivity contribution < 1.29 is 4.74 Å². The molecule has 1 aliphatic carbocycles. The molecule has 0 aromatic heterocycles. The fourth-order valence-electron chi connectivity index (χ4n) is 0.914. The van der Waals surface area contributed by atoms with Crippen LogP contribution < -0.4 is 0 Å². The first-order chi connectivity index (χ1) is 4.79. The van der Waals surface area contributed by atoms with Crippen LogP contribution >= 0.6 is 9.24 Å². The predicted octanol–water partition coefficient (Wildman–Crippen LogP) is 2.46. The lowest BCUT2D eigenvalue weighted by atomic mass is 10.2. The summed E-state index contributed by atoms with van der Waals surface area (Å²) in [6, 6.07) is 0. The minimum absolute atomic E-state index is 0.234. The van der Waals surface area contributed by atoms with Gasteiger partial charge in [-0.15, -0.1) is 0 Å². The molecule has 0 radical (unpaired) electrons. The molecular formula is C8H13OP. The summed E-state index contributed by atoms with van der Waals surface area (Å²) in [7, 11) is 2.62. The lowest BCUT2D eigenvalue weighted by molar-refractivity contribution is 0.194. The zero-order chi connectivity index (χ0) is 7.40. The van der Waals surface area contributed by atoms with Crippen LogP contribution in [0.3, 0.4) is 0 Å². The molecular weight excluding hydrogens is 143 g/mol. The van der Waals surface area contributed by atoms with Gasteiger partial charge in [0.25, 0.3) is 0 Å². The molecule has 2 atom stereocenters. The van der Waals surface area contributed by atoms with Crippen molar-refractivity contribution in [1.29, 1.82) is 0 Å². The third-order valence-corrected chi connectivity index (χ3v) is 1.44. The van der Waals surface area contributed by atoms with Crippen LogP contribution in [-0.2, 0) is 4.74 Å². The Balaban J connectivity index is 2.34. The van der Waals surface area contributed by atoms with Gasteiger partial charge in [0, 0.05) is 6.42 Å². The summed E-state index contributed by atoms with van der Waals surface area (Å²) >= 11 is 0. The monoisotopic (exact) mass is 156 g/mol. The Morgan fingerprint density at radius 1 is 1.60 bits per heavy atom. The second kappa shape index (κ2) is 3.78. The molecule has 0 N–H and O–H groups in total. The standard InChI is InChI=1S/C8H13OP/c1-7(10)9-8-5-3-2-4-6-8/h2-3,6-7H,4-5,10H2,1H3. The van der Waals surface area contributed by atoms with Crippen molar-refractivity contribution in [3.8, 4) is 0 Å². The SMILES string of the molecule is CC(P)OC1=CCC=CC1. The van der Waals surface area contributed by atoms with Gasteiger partial charge in [0.05, 0.1) is 5.76 Å². The van der Waals surface area contributed by atoms with E-state index in [0.29, 0.717) is 0 Å². The first kappa shape index (κ1) is 7.81. The molecule has 0 spiro atoms. The van der Waals surface area contributed by atoms with E-state index in [1.807, 2.05) is 6.92 Å². The molecule has 0 amide bonds. The highest BCUT2D eigenvalue weighted by Gasteiger charge is 2.00. The molecule has 0 saturated heterocycles. The molecule has 0 aromatic rings. The summed E-state index contributed by atoms with van der Waals surface area (Å²) in [4.78, 5) is 0. The number of hydrogen-bond donors (Lipinski definition) is 0. The third kappa shape index (κ3) is 2.53. The predicted molar refractivity (Wildman–Crippen MR) is 46.7 cm³/mol. The molecule has 1 rings (SSSR count). The topological polar surface area (TPSA) is 9.23 Å². The smallest absolute Gasteiger partial charge is 0.108 e. The summed E-state index contributed by atoms with van der Waals surface area (Å²) in [6.07, 6.45) is 8.40. The van der Waals surface area contributed by atoms with Gasteiger partial charge in [-0.1, -0.05) is 21.4 Å². The minimum atomic E-state index is 0.234. The van der Waals surface area contributed by atoms with Gasteiger partial charge in [0.1, 0.15) is 5.85 Å². The quantitative estimate of drug-likeness (QED) is 0.440. The van der Waals surface area contributed by atoms with Crippen LogP contribution in [0.1, 0.15) is 19.8 Å². The summed E-state index contributed by atoms with van der Waals surface area (Å²) in [5.74, 6) is 1.34. The van der Waals surface area contributed by atoms with Crippen LogP contribution in [0.2, 0.25) is 0 Å². The zero-order valence-corrected chi connectivity index (χ0v) is 7.36. The number of ether oxygens (including phenoxy) is 1. The van der Waals surface area contributed by atoms with E-state index in [-0.39, 0.29) is 5.85 Å². The maximum Gasteiger partial charge on any atom is 0.108 e. The molecule has 2 heteroatoms. The van der Waals surface area contributed by atoms with Gasteiger partial charge in [-0.05, 0) is 19.4 Å². The second-order valence-electron chi connectivity index (χ2n) is 2.40. The summed E-state index contributed by atoms with van der Waals surface area (Å²) in [5, 5.41) is 0. The summed E-state index contributed by atoms with van der Waals surface area (Å²) in [6.45, 7) is 2.02. The van der Waals surface area contributed by atoms with E-state index in [1.165, 1.54) is 0 Å². The Bertz CT molecular complexity index is 159. The zero-order valence-electron chi connectivity index (χ0n) is 6.21. The highest BCUT2D eigenvalue weighted by atomic mass is 31.0. The van der Waals surface area contributed by atoms with Crippen LogP contribution in [0.25, 0.3) is 0 Å². The van der Waals surface area contributed by atoms with Crippen molar-refractivity contribution in [3.05, 3.63) is 24.0 Å². The van der Waals surface area contributed by atoms with Crippen LogP contribution in [-0.4, -0.2) is 5.85 Å². The largest absolute Gasteiger partial charge is 0.491 e. The van der Waals surface area contributed by atoms with Crippen molar-refractivity contribution in [2.24, 2.45) is 0 Å². The van der Waals surface area contributed by atoms with Gasteiger partial charge in [-0.3, -0.25) is 0 Å². The highest BCUT2D eigenvalue weighted by molar-refractivity contribution is 7.17. The molecule has 56 valence electrons. The van der Waals surface area contributed by atoms with Gasteiger partial charge in [0.2, 0.25) is 0 Å². The molecule has 1 nitrogen and oxygen atoms in total. The Morgan fingerprint density at radius 3 is 2.90 bits per heavy atom. The first-order valence-corrected chi connectivity index (χ1v) is 4.22. The number of allylic oxidation sites excluding steroid dienone is 3. The van der Waals surface area contributed by atoms with E-state index < -0.39 is 0 Å². The molecule has 0 bridgehead atoms. The van der Waals surface area contributed by atoms with Crippen LogP contribution in [0, 0.1) is 0 Å². The average Bonchev–Trinajstić information content (AvgIpc) is 1.88. The van der Waals surface area contributed by atoms with Crippen LogP contribution in [0.5, 0.6) is 0 Å². The molecule has 10 heavy (non-hydrogen) atoms. The van der Waals surface area contributed by atoms with Crippen molar-refractivity contribution in [2.45, 2.75) is 25.6 Å². The summed E-state index contributed by atoms with van der Waals surface area (Å²) in [5.41, 5.74) is 0. The van der Waals surface area contributed by atoms with E-state index in [0.717, 1.165) is 18.6 Å². The summed E-state index contributed by atoms with van der Waals surface area (Å²) < 4.78 is 5.46. The number of hydrogen-bond acceptors (Lipinski definition) is 1. The second-order valence-corrected chi connectivity index (χ2v) is 3.34. The van der Waals surface area contributed by atoms with Gasteiger partial charge in [-0.2, -0.15) is 0 Å². The van der Waals surface area contributed by atoms with Gasteiger partial charge in [0.15, 0.2) is 0 Å². The maximum atomic E-state index is 5.46. The lowest BCUT2D eigenvalue weighted by Crippen LogP contribution is -1.99. The Morgan fingerprint density at radius 2 is 2.40 bits per heavy atom. The molecule has 0 heterocycles. The van der Waals surface area contributed by atoms with E-state index >= 15 is 0 Å². The van der Waals surface area contributed by atoms with Crippen LogP contribution in [0.15, 0.2) is 24.0 Å². The molecule has 0 aromatic carbocycles. The molecule has 0 fully saturated rings. The molecule has 0 saturated carbocycles. The van der Waals surface area contributed by atoms with Crippen molar-refractivity contribution >= 4 is 9.24 Å². The normalized spacial score (nSPS) is 20.0. The van der Waals surface area contributed by atoms with E-state index in [1.54, 1.807) is 0 Å². The van der Waals surface area contributed by atoms with Crippen molar-refractivity contribution in [1.82, 2.24) is 0 Å². The fraction of sp³-hybridized carbons (Fsp3) is 0.500.